The third-order valence-corrected chi connectivity index (χ3v) is 4.28. The Kier molecular flexibility index (Phi) is 5.77. The van der Waals surface area contributed by atoms with Gasteiger partial charge in [0.1, 0.15) is 5.76 Å². The molecule has 0 bridgehead atoms. The van der Waals surface area contributed by atoms with Crippen LogP contribution in [0.2, 0.25) is 0 Å². The molecule has 1 aromatic rings. The lowest BCUT2D eigenvalue weighted by molar-refractivity contribution is -0.128. The number of carbonyl (C=O) groups is 2. The maximum atomic E-state index is 12.2. The molecule has 0 aromatic heterocycles. The van der Waals surface area contributed by atoms with Gasteiger partial charge in [0.15, 0.2) is 5.78 Å². The number of nitrogens with zero attached hydrogens (tertiary/aromatic N) is 2. The number of ketones is 1. The van der Waals surface area contributed by atoms with Crippen LogP contribution in [0.3, 0.4) is 0 Å². The molecule has 25 heavy (non-hydrogen) atoms. The zero-order valence-electron chi connectivity index (χ0n) is 15.4. The summed E-state index contributed by atoms with van der Waals surface area (Å²) in [5, 5.41) is 10.1. The van der Waals surface area contributed by atoms with E-state index in [9.17, 15) is 14.7 Å². The van der Waals surface area contributed by atoms with Gasteiger partial charge in [0.2, 0.25) is 5.91 Å². The lowest BCUT2D eigenvalue weighted by Crippen LogP contribution is -2.26. The zero-order valence-corrected chi connectivity index (χ0v) is 15.4. The number of rotatable bonds is 5. The minimum atomic E-state index is -0.211. The molecule has 2 rings (SSSR count). The molecular weight excluding hydrogens is 316 g/mol. The van der Waals surface area contributed by atoms with Crippen molar-refractivity contribution in [2.24, 2.45) is 10.4 Å². The molecule has 0 unspecified atom stereocenters. The average molecular weight is 342 g/mol. The Morgan fingerprint density at radius 3 is 2.68 bits per heavy atom. The van der Waals surface area contributed by atoms with Crippen LogP contribution in [-0.2, 0) is 16.0 Å². The number of allylic oxidation sites excluding steroid dienone is 2. The highest BCUT2D eigenvalue weighted by Crippen LogP contribution is 2.35. The van der Waals surface area contributed by atoms with Gasteiger partial charge in [-0.15, -0.1) is 0 Å². The fourth-order valence-corrected chi connectivity index (χ4v) is 2.85. The average Bonchev–Trinajstić information content (AvgIpc) is 2.51. The van der Waals surface area contributed by atoms with Crippen molar-refractivity contribution in [2.45, 2.75) is 39.5 Å². The molecular formula is C20H26N2O3. The van der Waals surface area contributed by atoms with Gasteiger partial charge < -0.3 is 10.0 Å². The molecule has 0 fully saturated rings. The van der Waals surface area contributed by atoms with E-state index >= 15 is 0 Å². The van der Waals surface area contributed by atoms with Gasteiger partial charge in [0.25, 0.3) is 0 Å². The van der Waals surface area contributed by atoms with Crippen LogP contribution in [-0.4, -0.2) is 42.0 Å². The van der Waals surface area contributed by atoms with E-state index in [0.717, 1.165) is 5.56 Å². The number of aliphatic hydroxyl groups is 1. The number of carbonyl (C=O) groups excluding carboxylic acids is 2. The van der Waals surface area contributed by atoms with Crippen LogP contribution >= 0.6 is 0 Å². The molecule has 5 nitrogen and oxygen atoms in total. The molecule has 0 heterocycles. The van der Waals surface area contributed by atoms with E-state index in [-0.39, 0.29) is 22.9 Å². The maximum Gasteiger partial charge on any atom is 0.222 e. The van der Waals surface area contributed by atoms with Crippen molar-refractivity contribution in [3.05, 3.63) is 41.2 Å². The summed E-state index contributed by atoms with van der Waals surface area (Å²) >= 11 is 0. The minimum Gasteiger partial charge on any atom is -0.511 e. The number of benzene rings is 1. The summed E-state index contributed by atoms with van der Waals surface area (Å²) in [6.45, 7) is 3.93. The van der Waals surface area contributed by atoms with E-state index < -0.39 is 0 Å². The number of aliphatic imine (C=N–C) groups is 1. The van der Waals surface area contributed by atoms with Gasteiger partial charge in [-0.1, -0.05) is 26.0 Å². The molecule has 0 aliphatic heterocycles. The van der Waals surface area contributed by atoms with E-state index in [1.165, 1.54) is 6.21 Å². The van der Waals surface area contributed by atoms with Gasteiger partial charge in [0.05, 0.1) is 11.3 Å². The van der Waals surface area contributed by atoms with E-state index in [0.29, 0.717) is 36.9 Å². The van der Waals surface area contributed by atoms with Gasteiger partial charge in [-0.05, 0) is 29.5 Å². The molecule has 0 radical (unpaired) electrons. The summed E-state index contributed by atoms with van der Waals surface area (Å²) in [5.41, 5.74) is 1.80. The smallest absolute Gasteiger partial charge is 0.222 e. The predicted octanol–water partition coefficient (Wildman–Crippen LogP) is 3.61. The maximum absolute atomic E-state index is 12.2. The molecule has 1 N–H and O–H groups in total. The summed E-state index contributed by atoms with van der Waals surface area (Å²) in [6, 6.07) is 7.56. The molecule has 5 heteroatoms. The molecule has 0 saturated heterocycles. The Labute approximate surface area is 149 Å². The number of aryl methyl sites for hydroxylation is 1. The Morgan fingerprint density at radius 2 is 2.04 bits per heavy atom. The van der Waals surface area contributed by atoms with Gasteiger partial charge >= 0.3 is 0 Å². The highest BCUT2D eigenvalue weighted by atomic mass is 16.3. The highest BCUT2D eigenvalue weighted by molar-refractivity contribution is 6.14. The van der Waals surface area contributed by atoms with Crippen LogP contribution < -0.4 is 0 Å². The largest absolute Gasteiger partial charge is 0.511 e. The van der Waals surface area contributed by atoms with E-state index in [2.05, 4.69) is 4.99 Å². The topological polar surface area (TPSA) is 70.0 Å². The molecule has 0 atom stereocenters. The molecule has 0 saturated carbocycles. The van der Waals surface area contributed by atoms with Gasteiger partial charge in [-0.25, -0.2) is 0 Å². The van der Waals surface area contributed by atoms with Gasteiger partial charge in [-0.3, -0.25) is 14.6 Å². The Hall–Kier alpha value is -2.43. The quantitative estimate of drug-likeness (QED) is 0.831. The van der Waals surface area contributed by atoms with Crippen molar-refractivity contribution in [3.63, 3.8) is 0 Å². The first-order valence-electron chi connectivity index (χ1n) is 8.46. The first kappa shape index (κ1) is 18.9. The number of hydrogen-bond donors (Lipinski definition) is 1. The van der Waals surface area contributed by atoms with E-state index in [1.807, 2.05) is 38.1 Å². The molecule has 1 amide bonds. The van der Waals surface area contributed by atoms with Crippen molar-refractivity contribution >= 4 is 23.6 Å². The minimum absolute atomic E-state index is 0.0785. The first-order valence-corrected chi connectivity index (χ1v) is 8.46. The second-order valence-corrected chi connectivity index (χ2v) is 7.52. The number of amides is 1. The van der Waals surface area contributed by atoms with Crippen LogP contribution in [0.15, 0.2) is 40.6 Å². The van der Waals surface area contributed by atoms with Crippen molar-refractivity contribution in [1.29, 1.82) is 0 Å². The predicted molar refractivity (Wildman–Crippen MR) is 99.3 cm³/mol. The highest BCUT2D eigenvalue weighted by Gasteiger charge is 2.32. The molecule has 134 valence electrons. The fraction of sp³-hybridized carbons (Fsp3) is 0.450. The van der Waals surface area contributed by atoms with Crippen LogP contribution in [0.1, 0.15) is 38.7 Å². The second kappa shape index (κ2) is 7.64. The lowest BCUT2D eigenvalue weighted by atomic mass is 9.77. The Bertz CT molecular complexity index is 730. The number of Topliss-reactive ketones (excluding diaryl/α,β-unsaturated/α-hetero) is 1. The van der Waals surface area contributed by atoms with Crippen molar-refractivity contribution in [2.75, 3.05) is 14.1 Å². The summed E-state index contributed by atoms with van der Waals surface area (Å²) in [6.07, 6.45) is 3.43. The fourth-order valence-electron chi connectivity index (χ4n) is 2.85. The van der Waals surface area contributed by atoms with Gasteiger partial charge in [-0.2, -0.15) is 0 Å². The lowest BCUT2D eigenvalue weighted by Gasteiger charge is -2.28. The number of aliphatic hydroxyl groups excluding tert-OH is 1. The Balaban J connectivity index is 2.10. The van der Waals surface area contributed by atoms with Crippen molar-refractivity contribution < 1.29 is 14.7 Å². The first-order chi connectivity index (χ1) is 11.7. The van der Waals surface area contributed by atoms with Crippen molar-refractivity contribution in [1.82, 2.24) is 4.90 Å². The molecule has 1 aliphatic carbocycles. The van der Waals surface area contributed by atoms with Crippen LogP contribution in [0.5, 0.6) is 0 Å². The van der Waals surface area contributed by atoms with Crippen molar-refractivity contribution in [3.8, 4) is 0 Å². The van der Waals surface area contributed by atoms with Crippen LogP contribution in [0, 0.1) is 5.41 Å². The van der Waals surface area contributed by atoms with Crippen LogP contribution in [0.25, 0.3) is 0 Å². The summed E-state index contributed by atoms with van der Waals surface area (Å²) in [4.78, 5) is 29.8. The zero-order chi connectivity index (χ0) is 18.6. The second-order valence-electron chi connectivity index (χ2n) is 7.52. The Morgan fingerprint density at radius 1 is 1.32 bits per heavy atom. The standard InChI is InChI=1S/C20H26N2O3/c1-20(2)11-17(23)16(18(24)12-20)13-21-15-7-5-6-14(10-15)8-9-19(25)22(3)4/h5-7,10,13,23H,8-9,11-12H2,1-4H3. The normalized spacial score (nSPS) is 17.2. The third kappa shape index (κ3) is 5.28. The summed E-state index contributed by atoms with van der Waals surface area (Å²) < 4.78 is 0. The molecule has 1 aliphatic rings. The molecule has 0 spiro atoms. The van der Waals surface area contributed by atoms with Gasteiger partial charge in [0, 0.05) is 39.6 Å². The van der Waals surface area contributed by atoms with E-state index in [4.69, 9.17) is 0 Å². The van der Waals surface area contributed by atoms with Crippen LogP contribution in [0.4, 0.5) is 5.69 Å². The van der Waals surface area contributed by atoms with E-state index in [1.54, 1.807) is 19.0 Å². The monoisotopic (exact) mass is 342 g/mol. The third-order valence-electron chi connectivity index (χ3n) is 4.28. The summed E-state index contributed by atoms with van der Waals surface area (Å²) in [5.74, 6) is 0.113. The number of hydrogen-bond acceptors (Lipinski definition) is 4. The molecule has 1 aromatic carbocycles. The summed E-state index contributed by atoms with van der Waals surface area (Å²) in [7, 11) is 3.48. The SMILES string of the molecule is CN(C)C(=O)CCc1cccc(N=CC2=C(O)CC(C)(C)CC2=O)c1.